The highest BCUT2D eigenvalue weighted by atomic mass is 16.6. The molecule has 0 saturated carbocycles. The van der Waals surface area contributed by atoms with Crippen LogP contribution < -0.4 is 11.1 Å². The van der Waals surface area contributed by atoms with Gasteiger partial charge in [-0.1, -0.05) is 13.3 Å². The number of hydrogen-bond donors (Lipinski definition) is 2. The van der Waals surface area contributed by atoms with Crippen LogP contribution in [0.2, 0.25) is 0 Å². The molecule has 0 aliphatic heterocycles. The van der Waals surface area contributed by atoms with Crippen LogP contribution in [0.4, 0.5) is 4.79 Å². The Kier molecular flexibility index (Phi) is 7.35. The van der Waals surface area contributed by atoms with Crippen molar-refractivity contribution in [1.29, 1.82) is 0 Å². The maximum Gasteiger partial charge on any atom is 0.407 e. The van der Waals surface area contributed by atoms with E-state index >= 15 is 0 Å². The third kappa shape index (κ3) is 5.90. The molecular formula is C9H18N2O4. The Bertz CT molecular complexity index is 208. The molecule has 88 valence electrons. The maximum absolute atomic E-state index is 11.1. The van der Waals surface area contributed by atoms with Crippen molar-refractivity contribution in [2.75, 3.05) is 20.3 Å². The molecule has 0 spiro atoms. The van der Waals surface area contributed by atoms with Crippen molar-refractivity contribution in [3.63, 3.8) is 0 Å². The van der Waals surface area contributed by atoms with E-state index in [0.29, 0.717) is 6.61 Å². The molecule has 3 N–H and O–H groups in total. The summed E-state index contributed by atoms with van der Waals surface area (Å²) in [6.45, 7) is 2.30. The summed E-state index contributed by atoms with van der Waals surface area (Å²) in [6, 6.07) is -0.843. The van der Waals surface area contributed by atoms with Gasteiger partial charge in [0.2, 0.25) is 0 Å². The van der Waals surface area contributed by atoms with Gasteiger partial charge in [0.1, 0.15) is 6.04 Å². The summed E-state index contributed by atoms with van der Waals surface area (Å²) in [4.78, 5) is 22.1. The van der Waals surface area contributed by atoms with Gasteiger partial charge in [-0.2, -0.15) is 0 Å². The van der Waals surface area contributed by atoms with Crippen LogP contribution in [-0.2, 0) is 14.3 Å². The molecule has 1 unspecified atom stereocenters. The average Bonchev–Trinajstić information content (AvgIpc) is 2.25. The highest BCUT2D eigenvalue weighted by molar-refractivity contribution is 5.81. The van der Waals surface area contributed by atoms with Crippen molar-refractivity contribution in [2.45, 2.75) is 25.8 Å². The first kappa shape index (κ1) is 13.7. The van der Waals surface area contributed by atoms with Gasteiger partial charge in [0, 0.05) is 6.54 Å². The molecule has 1 atom stereocenters. The summed E-state index contributed by atoms with van der Waals surface area (Å²) < 4.78 is 9.24. The van der Waals surface area contributed by atoms with Gasteiger partial charge in [0.25, 0.3) is 0 Å². The van der Waals surface area contributed by atoms with Gasteiger partial charge >= 0.3 is 12.1 Å². The van der Waals surface area contributed by atoms with E-state index in [-0.39, 0.29) is 6.54 Å². The van der Waals surface area contributed by atoms with Crippen LogP contribution in [0.5, 0.6) is 0 Å². The van der Waals surface area contributed by atoms with Gasteiger partial charge in [0.05, 0.1) is 13.7 Å². The number of amides is 1. The molecule has 0 radical (unpaired) electrons. The number of carbonyl (C=O) groups is 2. The zero-order valence-electron chi connectivity index (χ0n) is 9.12. The fourth-order valence-electron chi connectivity index (χ4n) is 0.849. The first-order valence-corrected chi connectivity index (χ1v) is 4.86. The van der Waals surface area contributed by atoms with Gasteiger partial charge in [0.15, 0.2) is 0 Å². The molecular weight excluding hydrogens is 200 g/mol. The number of carbonyl (C=O) groups excluding carboxylic acids is 2. The van der Waals surface area contributed by atoms with Gasteiger partial charge in [-0.3, -0.25) is 0 Å². The third-order valence-electron chi connectivity index (χ3n) is 1.74. The topological polar surface area (TPSA) is 90.6 Å². The van der Waals surface area contributed by atoms with Gasteiger partial charge < -0.3 is 20.5 Å². The smallest absolute Gasteiger partial charge is 0.407 e. The number of esters is 1. The molecule has 0 aromatic rings. The fourth-order valence-corrected chi connectivity index (χ4v) is 0.849. The minimum atomic E-state index is -0.843. The van der Waals surface area contributed by atoms with Gasteiger partial charge in [-0.05, 0) is 6.42 Å². The van der Waals surface area contributed by atoms with Crippen LogP contribution in [0.3, 0.4) is 0 Å². The van der Waals surface area contributed by atoms with Crippen LogP contribution in [0.15, 0.2) is 0 Å². The molecule has 0 aliphatic carbocycles. The quantitative estimate of drug-likeness (QED) is 0.484. The van der Waals surface area contributed by atoms with Crippen LogP contribution >= 0.6 is 0 Å². The van der Waals surface area contributed by atoms with E-state index in [4.69, 9.17) is 10.5 Å². The standard InChI is InChI=1S/C9H18N2O4/c1-3-4-5-15-9(13)11-7(6-10)8(12)14-2/h7H,3-6,10H2,1-2H3,(H,11,13). The zero-order valence-corrected chi connectivity index (χ0v) is 9.12. The number of rotatable bonds is 6. The average molecular weight is 218 g/mol. The van der Waals surface area contributed by atoms with Crippen LogP contribution in [0.25, 0.3) is 0 Å². The summed E-state index contributed by atoms with van der Waals surface area (Å²) >= 11 is 0. The van der Waals surface area contributed by atoms with Gasteiger partial charge in [-0.15, -0.1) is 0 Å². The second-order valence-corrected chi connectivity index (χ2v) is 2.95. The Morgan fingerprint density at radius 1 is 1.47 bits per heavy atom. The third-order valence-corrected chi connectivity index (χ3v) is 1.74. The van der Waals surface area contributed by atoms with Crippen LogP contribution in [-0.4, -0.2) is 38.4 Å². The van der Waals surface area contributed by atoms with Crippen molar-refractivity contribution >= 4 is 12.1 Å². The number of hydrogen-bond acceptors (Lipinski definition) is 5. The summed E-state index contributed by atoms with van der Waals surface area (Å²) in [5, 5.41) is 2.32. The molecule has 0 saturated heterocycles. The second kappa shape index (κ2) is 8.05. The Hall–Kier alpha value is -1.30. The first-order valence-electron chi connectivity index (χ1n) is 4.86. The minimum absolute atomic E-state index is 0.0183. The molecule has 6 heteroatoms. The summed E-state index contributed by atoms with van der Waals surface area (Å²) in [5.74, 6) is -0.579. The number of methoxy groups -OCH3 is 1. The number of alkyl carbamates (subject to hydrolysis) is 1. The predicted molar refractivity (Wildman–Crippen MR) is 54.3 cm³/mol. The summed E-state index contributed by atoms with van der Waals surface area (Å²) in [7, 11) is 1.23. The SMILES string of the molecule is CCCCOC(=O)NC(CN)C(=O)OC. The number of nitrogens with one attached hydrogen (secondary N) is 1. The van der Waals surface area contributed by atoms with E-state index in [2.05, 4.69) is 10.1 Å². The van der Waals surface area contributed by atoms with Crippen molar-refractivity contribution in [2.24, 2.45) is 5.73 Å². The molecule has 0 aliphatic rings. The fraction of sp³-hybridized carbons (Fsp3) is 0.778. The van der Waals surface area contributed by atoms with Crippen molar-refractivity contribution in [1.82, 2.24) is 5.32 Å². The molecule has 0 aromatic carbocycles. The Morgan fingerprint density at radius 2 is 2.13 bits per heavy atom. The normalized spacial score (nSPS) is 11.7. The molecule has 15 heavy (non-hydrogen) atoms. The summed E-state index contributed by atoms with van der Waals surface area (Å²) in [5.41, 5.74) is 5.28. The van der Waals surface area contributed by atoms with E-state index in [0.717, 1.165) is 12.8 Å². The number of ether oxygens (including phenoxy) is 2. The maximum atomic E-state index is 11.1. The first-order chi connectivity index (χ1) is 7.15. The van der Waals surface area contributed by atoms with E-state index in [1.165, 1.54) is 7.11 Å². The number of unbranched alkanes of at least 4 members (excludes halogenated alkanes) is 1. The van der Waals surface area contributed by atoms with E-state index in [1.54, 1.807) is 0 Å². The second-order valence-electron chi connectivity index (χ2n) is 2.95. The van der Waals surface area contributed by atoms with Crippen molar-refractivity contribution in [3.05, 3.63) is 0 Å². The molecule has 0 aromatic heterocycles. The molecule has 0 rings (SSSR count). The number of nitrogens with two attached hydrogens (primary N) is 1. The highest BCUT2D eigenvalue weighted by Gasteiger charge is 2.19. The Morgan fingerprint density at radius 3 is 2.60 bits per heavy atom. The molecule has 0 fully saturated rings. The highest BCUT2D eigenvalue weighted by Crippen LogP contribution is 1.91. The molecule has 0 bridgehead atoms. The van der Waals surface area contributed by atoms with Crippen LogP contribution in [0.1, 0.15) is 19.8 Å². The predicted octanol–water partition coefficient (Wildman–Crippen LogP) is 0.0130. The van der Waals surface area contributed by atoms with Gasteiger partial charge in [-0.25, -0.2) is 9.59 Å². The lowest BCUT2D eigenvalue weighted by molar-refractivity contribution is -0.142. The van der Waals surface area contributed by atoms with Crippen molar-refractivity contribution < 1.29 is 19.1 Å². The molecule has 0 heterocycles. The minimum Gasteiger partial charge on any atom is -0.467 e. The molecule has 6 nitrogen and oxygen atoms in total. The lowest BCUT2D eigenvalue weighted by Gasteiger charge is -2.13. The lowest BCUT2D eigenvalue weighted by Crippen LogP contribution is -2.46. The largest absolute Gasteiger partial charge is 0.467 e. The van der Waals surface area contributed by atoms with Crippen molar-refractivity contribution in [3.8, 4) is 0 Å². The van der Waals surface area contributed by atoms with Crippen LogP contribution in [0, 0.1) is 0 Å². The molecule has 1 amide bonds. The van der Waals surface area contributed by atoms with E-state index < -0.39 is 18.1 Å². The van der Waals surface area contributed by atoms with E-state index in [1.807, 2.05) is 6.92 Å². The Labute approximate surface area is 89.1 Å². The lowest BCUT2D eigenvalue weighted by atomic mass is 10.3. The summed E-state index contributed by atoms with van der Waals surface area (Å²) in [6.07, 6.45) is 1.08. The Balaban J connectivity index is 3.85. The zero-order chi connectivity index (χ0) is 11.7. The van der Waals surface area contributed by atoms with E-state index in [9.17, 15) is 9.59 Å². The monoisotopic (exact) mass is 218 g/mol.